The Balaban J connectivity index is 1.38. The van der Waals surface area contributed by atoms with Crippen LogP contribution in [0, 0.1) is 0 Å². The van der Waals surface area contributed by atoms with E-state index in [2.05, 4.69) is 15.5 Å². The number of morpholine rings is 1. The van der Waals surface area contributed by atoms with Gasteiger partial charge in [0, 0.05) is 30.8 Å². The summed E-state index contributed by atoms with van der Waals surface area (Å²) in [4.78, 5) is 27.3. The molecule has 1 aliphatic heterocycles. The van der Waals surface area contributed by atoms with Gasteiger partial charge in [-0.15, -0.1) is 0 Å². The fourth-order valence-corrected chi connectivity index (χ4v) is 3.85. The Kier molecular flexibility index (Phi) is 6.13. The Hall–Kier alpha value is -3.45. The van der Waals surface area contributed by atoms with Gasteiger partial charge in [-0.25, -0.2) is 0 Å². The molecule has 2 aromatic carbocycles. The number of carbonyl (C=O) groups excluding carboxylic acids is 2. The van der Waals surface area contributed by atoms with Gasteiger partial charge in [0.25, 0.3) is 11.8 Å². The lowest BCUT2D eigenvalue weighted by Gasteiger charge is -2.35. The fraction of sp³-hybridized carbons (Fsp3) is 0.292. The van der Waals surface area contributed by atoms with Gasteiger partial charge < -0.3 is 15.0 Å². The van der Waals surface area contributed by atoms with E-state index < -0.39 is 0 Å². The predicted octanol–water partition coefficient (Wildman–Crippen LogP) is 3.26. The van der Waals surface area contributed by atoms with E-state index in [0.29, 0.717) is 36.5 Å². The minimum Gasteiger partial charge on any atom is -0.372 e. The number of nitrogens with zero attached hydrogens (tertiary/aromatic N) is 2. The first-order valence-electron chi connectivity index (χ1n) is 10.4. The molecule has 1 fully saturated rings. The number of rotatable bonds is 5. The molecule has 2 amide bonds. The van der Waals surface area contributed by atoms with Crippen molar-refractivity contribution in [3.63, 3.8) is 0 Å². The van der Waals surface area contributed by atoms with Crippen molar-refractivity contribution in [2.45, 2.75) is 32.6 Å². The number of H-pyrrole nitrogens is 1. The van der Waals surface area contributed by atoms with Crippen LogP contribution in [-0.2, 0) is 11.3 Å². The van der Waals surface area contributed by atoms with Crippen LogP contribution in [0.4, 0.5) is 0 Å². The first kappa shape index (κ1) is 20.8. The number of aromatic nitrogens is 2. The highest BCUT2D eigenvalue weighted by Gasteiger charge is 2.26. The Morgan fingerprint density at radius 3 is 2.42 bits per heavy atom. The van der Waals surface area contributed by atoms with E-state index in [1.54, 1.807) is 0 Å². The molecule has 7 nitrogen and oxygen atoms in total. The van der Waals surface area contributed by atoms with Gasteiger partial charge in [0.1, 0.15) is 0 Å². The van der Waals surface area contributed by atoms with E-state index in [1.165, 1.54) is 6.20 Å². The Bertz CT molecular complexity index is 1040. The summed E-state index contributed by atoms with van der Waals surface area (Å²) < 4.78 is 5.70. The van der Waals surface area contributed by atoms with Crippen LogP contribution in [-0.4, -0.2) is 52.2 Å². The van der Waals surface area contributed by atoms with Crippen LogP contribution in [0.2, 0.25) is 0 Å². The van der Waals surface area contributed by atoms with Crippen LogP contribution in [0.3, 0.4) is 0 Å². The summed E-state index contributed by atoms with van der Waals surface area (Å²) >= 11 is 0. The lowest BCUT2D eigenvalue weighted by molar-refractivity contribution is -0.0586. The SMILES string of the molecule is CC1CN(C(=O)c2ccc(CNC(=O)c3cn[nH]c3-c3ccccc3)cc2)CC(C)O1. The Labute approximate surface area is 181 Å². The molecule has 1 aliphatic rings. The highest BCUT2D eigenvalue weighted by Crippen LogP contribution is 2.20. The van der Waals surface area contributed by atoms with Crippen molar-refractivity contribution >= 4 is 11.8 Å². The number of carbonyl (C=O) groups is 2. The summed E-state index contributed by atoms with van der Waals surface area (Å²) in [5, 5.41) is 9.84. The first-order chi connectivity index (χ1) is 15.0. The van der Waals surface area contributed by atoms with Gasteiger partial charge in [-0.1, -0.05) is 42.5 Å². The largest absolute Gasteiger partial charge is 0.372 e. The highest BCUT2D eigenvalue weighted by molar-refractivity contribution is 5.99. The molecule has 31 heavy (non-hydrogen) atoms. The quantitative estimate of drug-likeness (QED) is 0.666. The van der Waals surface area contributed by atoms with Crippen molar-refractivity contribution in [3.05, 3.63) is 77.5 Å². The van der Waals surface area contributed by atoms with E-state index in [1.807, 2.05) is 73.3 Å². The van der Waals surface area contributed by atoms with Crippen molar-refractivity contribution < 1.29 is 14.3 Å². The molecule has 0 radical (unpaired) electrons. The second-order valence-corrected chi connectivity index (χ2v) is 7.87. The average molecular weight is 418 g/mol. The van der Waals surface area contributed by atoms with Gasteiger partial charge in [0.05, 0.1) is 29.7 Å². The monoisotopic (exact) mass is 418 g/mol. The summed E-state index contributed by atoms with van der Waals surface area (Å²) in [5.74, 6) is -0.201. The Morgan fingerprint density at radius 2 is 1.74 bits per heavy atom. The van der Waals surface area contributed by atoms with Crippen LogP contribution in [0.1, 0.15) is 40.1 Å². The number of hydrogen-bond acceptors (Lipinski definition) is 4. The van der Waals surface area contributed by atoms with E-state index in [9.17, 15) is 9.59 Å². The van der Waals surface area contributed by atoms with E-state index in [4.69, 9.17) is 4.74 Å². The van der Waals surface area contributed by atoms with Crippen LogP contribution >= 0.6 is 0 Å². The van der Waals surface area contributed by atoms with Gasteiger partial charge in [-0.3, -0.25) is 14.7 Å². The normalized spacial score (nSPS) is 18.6. The maximum absolute atomic E-state index is 12.8. The van der Waals surface area contributed by atoms with Crippen molar-refractivity contribution in [3.8, 4) is 11.3 Å². The molecule has 2 heterocycles. The zero-order valence-corrected chi connectivity index (χ0v) is 17.7. The van der Waals surface area contributed by atoms with Gasteiger partial charge in [0.15, 0.2) is 0 Å². The third-order valence-corrected chi connectivity index (χ3v) is 5.31. The number of nitrogens with one attached hydrogen (secondary N) is 2. The lowest BCUT2D eigenvalue weighted by Crippen LogP contribution is -2.48. The third kappa shape index (κ3) is 4.83. The molecule has 0 spiro atoms. The molecule has 4 rings (SSSR count). The molecular weight excluding hydrogens is 392 g/mol. The number of ether oxygens (including phenoxy) is 1. The zero-order chi connectivity index (χ0) is 21.8. The highest BCUT2D eigenvalue weighted by atomic mass is 16.5. The molecular formula is C24H26N4O3. The molecule has 1 saturated heterocycles. The van der Waals surface area contributed by atoms with Gasteiger partial charge in [-0.2, -0.15) is 5.10 Å². The topological polar surface area (TPSA) is 87.3 Å². The Morgan fingerprint density at radius 1 is 1.06 bits per heavy atom. The molecule has 160 valence electrons. The summed E-state index contributed by atoms with van der Waals surface area (Å²) in [7, 11) is 0. The molecule has 0 saturated carbocycles. The molecule has 0 aliphatic carbocycles. The van der Waals surface area contributed by atoms with E-state index >= 15 is 0 Å². The molecule has 0 bridgehead atoms. The molecule has 2 N–H and O–H groups in total. The van der Waals surface area contributed by atoms with Crippen LogP contribution in [0.5, 0.6) is 0 Å². The summed E-state index contributed by atoms with van der Waals surface area (Å²) in [6.45, 7) is 5.50. The maximum atomic E-state index is 12.8. The van der Waals surface area contributed by atoms with Crippen LogP contribution in [0.15, 0.2) is 60.8 Å². The number of aromatic amines is 1. The molecule has 7 heteroatoms. The minimum atomic E-state index is -0.205. The molecule has 3 aromatic rings. The van der Waals surface area contributed by atoms with Crippen molar-refractivity contribution in [1.82, 2.24) is 20.4 Å². The number of hydrogen-bond donors (Lipinski definition) is 2. The maximum Gasteiger partial charge on any atom is 0.255 e. The van der Waals surface area contributed by atoms with Crippen LogP contribution in [0.25, 0.3) is 11.3 Å². The second-order valence-electron chi connectivity index (χ2n) is 7.87. The fourth-order valence-electron chi connectivity index (χ4n) is 3.85. The second kappa shape index (κ2) is 9.14. The lowest BCUT2D eigenvalue weighted by atomic mass is 10.1. The molecule has 1 aromatic heterocycles. The summed E-state index contributed by atoms with van der Waals surface area (Å²) in [5.41, 5.74) is 3.64. The smallest absolute Gasteiger partial charge is 0.255 e. The predicted molar refractivity (Wildman–Crippen MR) is 118 cm³/mol. The molecule has 2 unspecified atom stereocenters. The first-order valence-corrected chi connectivity index (χ1v) is 10.4. The van der Waals surface area contributed by atoms with E-state index in [0.717, 1.165) is 11.1 Å². The minimum absolute atomic E-state index is 0.00323. The zero-order valence-electron chi connectivity index (χ0n) is 17.7. The number of benzene rings is 2. The standard InChI is InChI=1S/C24H26N4O3/c1-16-14-28(15-17(2)31-16)24(30)20-10-8-18(9-11-20)12-25-23(29)21-13-26-27-22(21)19-6-4-3-5-7-19/h3-11,13,16-17H,12,14-15H2,1-2H3,(H,25,29)(H,26,27). The van der Waals surface area contributed by atoms with Crippen molar-refractivity contribution in [2.24, 2.45) is 0 Å². The summed E-state index contributed by atoms with van der Waals surface area (Å²) in [6, 6.07) is 17.0. The van der Waals surface area contributed by atoms with Crippen LogP contribution < -0.4 is 5.32 Å². The third-order valence-electron chi connectivity index (χ3n) is 5.31. The molecule has 2 atom stereocenters. The van der Waals surface area contributed by atoms with Gasteiger partial charge in [0.2, 0.25) is 0 Å². The summed E-state index contributed by atoms with van der Waals surface area (Å²) in [6.07, 6.45) is 1.60. The van der Waals surface area contributed by atoms with E-state index in [-0.39, 0.29) is 24.0 Å². The van der Waals surface area contributed by atoms with Crippen molar-refractivity contribution in [2.75, 3.05) is 13.1 Å². The van der Waals surface area contributed by atoms with Crippen molar-refractivity contribution in [1.29, 1.82) is 0 Å². The average Bonchev–Trinajstić information content (AvgIpc) is 3.27. The van der Waals surface area contributed by atoms with Gasteiger partial charge in [-0.05, 0) is 31.5 Å². The number of amides is 2. The van der Waals surface area contributed by atoms with Gasteiger partial charge >= 0.3 is 0 Å².